The number of carbonyl (C=O) groups is 1. The van der Waals surface area contributed by atoms with Crippen LogP contribution in [0.25, 0.3) is 5.65 Å². The van der Waals surface area contributed by atoms with Crippen molar-refractivity contribution in [2.24, 2.45) is 0 Å². The summed E-state index contributed by atoms with van der Waals surface area (Å²) in [6.07, 6.45) is 2.49. The van der Waals surface area contributed by atoms with Gasteiger partial charge in [0.1, 0.15) is 5.82 Å². The third-order valence-corrected chi connectivity index (χ3v) is 3.38. The number of nitrogens with zero attached hydrogens (tertiary/aromatic N) is 3. The second-order valence-corrected chi connectivity index (χ2v) is 4.91. The lowest BCUT2D eigenvalue weighted by molar-refractivity contribution is 0.0600. The highest BCUT2D eigenvalue weighted by Gasteiger charge is 2.10. The number of hydrogen-bond acceptors (Lipinski definition) is 4. The van der Waals surface area contributed by atoms with Crippen LogP contribution in [0.5, 0.6) is 0 Å². The van der Waals surface area contributed by atoms with Crippen LogP contribution in [-0.2, 0) is 11.2 Å². The lowest BCUT2D eigenvalue weighted by Crippen LogP contribution is -2.03. The first kappa shape index (κ1) is 13.3. The predicted molar refractivity (Wildman–Crippen MR) is 78.3 cm³/mol. The average molecular weight is 281 g/mol. The maximum absolute atomic E-state index is 11.5. The number of rotatable bonds is 3. The van der Waals surface area contributed by atoms with Gasteiger partial charge in [0.25, 0.3) is 0 Å². The summed E-state index contributed by atoms with van der Waals surface area (Å²) in [5.74, 6) is 0.464. The molecule has 5 heteroatoms. The molecule has 0 aliphatic rings. The molecule has 3 aromatic rings. The second kappa shape index (κ2) is 5.36. The van der Waals surface area contributed by atoms with E-state index in [2.05, 4.69) is 41.4 Å². The van der Waals surface area contributed by atoms with Gasteiger partial charge >= 0.3 is 5.97 Å². The van der Waals surface area contributed by atoms with Crippen LogP contribution < -0.4 is 0 Å². The third-order valence-electron chi connectivity index (χ3n) is 3.38. The van der Waals surface area contributed by atoms with Gasteiger partial charge in [0.05, 0.1) is 12.7 Å². The molecular weight excluding hydrogens is 266 g/mol. The lowest BCUT2D eigenvalue weighted by atomic mass is 10.1. The molecule has 0 radical (unpaired) electrons. The fourth-order valence-electron chi connectivity index (χ4n) is 2.19. The van der Waals surface area contributed by atoms with Crippen molar-refractivity contribution < 1.29 is 9.53 Å². The van der Waals surface area contributed by atoms with E-state index < -0.39 is 0 Å². The van der Waals surface area contributed by atoms with Crippen molar-refractivity contribution in [2.45, 2.75) is 13.3 Å². The molecule has 0 saturated carbocycles. The molecule has 3 rings (SSSR count). The Morgan fingerprint density at radius 2 is 1.95 bits per heavy atom. The molecule has 0 unspecified atom stereocenters. The summed E-state index contributed by atoms with van der Waals surface area (Å²) in [6.45, 7) is 2.06. The summed E-state index contributed by atoms with van der Waals surface area (Å²) in [5, 5.41) is 8.32. The Labute approximate surface area is 122 Å². The molecule has 0 aliphatic heterocycles. The fourth-order valence-corrected chi connectivity index (χ4v) is 2.19. The molecule has 2 heterocycles. The second-order valence-electron chi connectivity index (χ2n) is 4.91. The Bertz CT molecular complexity index is 791. The zero-order valence-corrected chi connectivity index (χ0v) is 11.9. The van der Waals surface area contributed by atoms with Gasteiger partial charge in [-0.2, -0.15) is 0 Å². The van der Waals surface area contributed by atoms with Crippen molar-refractivity contribution in [2.75, 3.05) is 7.11 Å². The minimum Gasteiger partial charge on any atom is -0.465 e. The molecule has 0 amide bonds. The van der Waals surface area contributed by atoms with Gasteiger partial charge in [0.15, 0.2) is 5.65 Å². The minimum absolute atomic E-state index is 0.374. The molecule has 0 saturated heterocycles. The van der Waals surface area contributed by atoms with E-state index in [1.54, 1.807) is 18.3 Å². The van der Waals surface area contributed by atoms with Crippen molar-refractivity contribution in [3.63, 3.8) is 0 Å². The minimum atomic E-state index is -0.374. The highest BCUT2D eigenvalue weighted by Crippen LogP contribution is 2.12. The molecular formula is C16H15N3O2. The number of aryl methyl sites for hydroxylation is 1. The highest BCUT2D eigenvalue weighted by atomic mass is 16.5. The van der Waals surface area contributed by atoms with E-state index in [0.29, 0.717) is 17.6 Å². The molecule has 0 aliphatic carbocycles. The summed E-state index contributed by atoms with van der Waals surface area (Å²) in [5.41, 5.74) is 3.51. The largest absolute Gasteiger partial charge is 0.465 e. The maximum atomic E-state index is 11.5. The predicted octanol–water partition coefficient (Wildman–Crippen LogP) is 2.42. The maximum Gasteiger partial charge on any atom is 0.338 e. The molecule has 0 fully saturated rings. The molecule has 1 aromatic carbocycles. The van der Waals surface area contributed by atoms with Crippen LogP contribution in [0.3, 0.4) is 0 Å². The molecule has 5 nitrogen and oxygen atoms in total. The number of fused-ring (bicyclic) bond motifs is 1. The molecule has 0 N–H and O–H groups in total. The van der Waals surface area contributed by atoms with Crippen LogP contribution in [0.4, 0.5) is 0 Å². The van der Waals surface area contributed by atoms with E-state index >= 15 is 0 Å². The Morgan fingerprint density at radius 3 is 2.67 bits per heavy atom. The third kappa shape index (κ3) is 2.63. The molecule has 106 valence electrons. The Morgan fingerprint density at radius 1 is 1.19 bits per heavy atom. The zero-order chi connectivity index (χ0) is 14.8. The average Bonchev–Trinajstić information content (AvgIpc) is 2.91. The Kier molecular flexibility index (Phi) is 3.39. The van der Waals surface area contributed by atoms with Gasteiger partial charge in [-0.3, -0.25) is 4.40 Å². The summed E-state index contributed by atoms with van der Waals surface area (Å²) in [6, 6.07) is 11.7. The van der Waals surface area contributed by atoms with Crippen molar-refractivity contribution in [1.29, 1.82) is 0 Å². The number of esters is 1. The number of benzene rings is 1. The summed E-state index contributed by atoms with van der Waals surface area (Å²) in [7, 11) is 1.36. The first-order valence-corrected chi connectivity index (χ1v) is 6.65. The molecule has 0 atom stereocenters. The van der Waals surface area contributed by atoms with Crippen LogP contribution in [0.1, 0.15) is 27.3 Å². The monoisotopic (exact) mass is 281 g/mol. The van der Waals surface area contributed by atoms with Crippen LogP contribution >= 0.6 is 0 Å². The molecule has 21 heavy (non-hydrogen) atoms. The molecule has 0 spiro atoms. The number of aromatic nitrogens is 3. The number of methoxy groups -OCH3 is 1. The van der Waals surface area contributed by atoms with E-state index in [1.807, 2.05) is 4.40 Å². The number of pyridine rings is 1. The van der Waals surface area contributed by atoms with Gasteiger partial charge in [0, 0.05) is 12.6 Å². The SMILES string of the molecule is COC(=O)c1ccn2c(Cc3ccc(C)cc3)nnc2c1. The van der Waals surface area contributed by atoms with Crippen molar-refractivity contribution >= 4 is 11.6 Å². The summed E-state index contributed by atoms with van der Waals surface area (Å²) >= 11 is 0. The normalized spacial score (nSPS) is 10.8. The Hall–Kier alpha value is -2.69. The van der Waals surface area contributed by atoms with E-state index in [-0.39, 0.29) is 5.97 Å². The fraction of sp³-hybridized carbons (Fsp3) is 0.188. The van der Waals surface area contributed by atoms with Crippen molar-refractivity contribution in [3.8, 4) is 0 Å². The molecule has 2 aromatic heterocycles. The Balaban J connectivity index is 1.93. The van der Waals surface area contributed by atoms with E-state index in [4.69, 9.17) is 4.74 Å². The number of hydrogen-bond donors (Lipinski definition) is 0. The quantitative estimate of drug-likeness (QED) is 0.692. The van der Waals surface area contributed by atoms with Crippen LogP contribution in [0, 0.1) is 6.92 Å². The first-order valence-electron chi connectivity index (χ1n) is 6.65. The van der Waals surface area contributed by atoms with Crippen molar-refractivity contribution in [1.82, 2.24) is 14.6 Å². The van der Waals surface area contributed by atoms with Gasteiger partial charge in [-0.05, 0) is 24.6 Å². The van der Waals surface area contributed by atoms with Gasteiger partial charge in [-0.25, -0.2) is 4.79 Å². The van der Waals surface area contributed by atoms with Gasteiger partial charge in [0.2, 0.25) is 0 Å². The van der Waals surface area contributed by atoms with Gasteiger partial charge < -0.3 is 4.74 Å². The number of ether oxygens (including phenoxy) is 1. The van der Waals surface area contributed by atoms with Gasteiger partial charge in [-0.15, -0.1) is 10.2 Å². The van der Waals surface area contributed by atoms with Crippen molar-refractivity contribution in [3.05, 3.63) is 65.1 Å². The molecule has 0 bridgehead atoms. The lowest BCUT2D eigenvalue weighted by Gasteiger charge is -2.03. The van der Waals surface area contributed by atoms with E-state index in [1.165, 1.54) is 18.2 Å². The summed E-state index contributed by atoms with van der Waals surface area (Å²) < 4.78 is 6.58. The van der Waals surface area contributed by atoms with Crippen LogP contribution in [0.15, 0.2) is 42.6 Å². The topological polar surface area (TPSA) is 56.5 Å². The van der Waals surface area contributed by atoms with Gasteiger partial charge in [-0.1, -0.05) is 29.8 Å². The summed E-state index contributed by atoms with van der Waals surface area (Å²) in [4.78, 5) is 11.5. The van der Waals surface area contributed by atoms with Crippen LogP contribution in [-0.4, -0.2) is 27.7 Å². The first-order chi connectivity index (χ1) is 10.2. The standard InChI is InChI=1S/C16H15N3O2/c1-11-3-5-12(6-4-11)9-14-17-18-15-10-13(16(20)21-2)7-8-19(14)15/h3-8,10H,9H2,1-2H3. The zero-order valence-electron chi connectivity index (χ0n) is 11.9. The number of carbonyl (C=O) groups excluding carboxylic acids is 1. The smallest absolute Gasteiger partial charge is 0.338 e. The van der Waals surface area contributed by atoms with E-state index in [9.17, 15) is 4.79 Å². The van der Waals surface area contributed by atoms with E-state index in [0.717, 1.165) is 5.82 Å². The highest BCUT2D eigenvalue weighted by molar-refractivity contribution is 5.90. The van der Waals surface area contributed by atoms with Crippen LogP contribution in [0.2, 0.25) is 0 Å².